The topological polar surface area (TPSA) is 36.4 Å². The van der Waals surface area contributed by atoms with E-state index in [0.717, 1.165) is 11.6 Å². The molecule has 1 aliphatic rings. The smallest absolute Gasteiger partial charge is 0.206 e. The van der Waals surface area contributed by atoms with Crippen LogP contribution in [0.15, 0.2) is 20.6 Å². The number of nitrogens with zero attached hydrogens (tertiary/aromatic N) is 1. The van der Waals surface area contributed by atoms with E-state index in [2.05, 4.69) is 40.3 Å². The van der Waals surface area contributed by atoms with Crippen molar-refractivity contribution >= 4 is 34.9 Å². The van der Waals surface area contributed by atoms with Crippen LogP contribution in [-0.2, 0) is 0 Å². The fraction of sp³-hybridized carbons (Fsp3) is 0.375. The zero-order chi connectivity index (χ0) is 9.26. The zero-order valence-corrected chi connectivity index (χ0v) is 9.13. The highest BCUT2D eigenvalue weighted by Crippen LogP contribution is 2.33. The van der Waals surface area contributed by atoms with Crippen LogP contribution < -0.4 is 10.0 Å². The third-order valence-corrected chi connectivity index (χ3v) is 3.46. The normalized spacial score (nSPS) is 18.2. The van der Waals surface area contributed by atoms with Gasteiger partial charge in [-0.2, -0.15) is 0 Å². The molecule has 1 aromatic heterocycles. The van der Waals surface area contributed by atoms with E-state index in [4.69, 9.17) is 0 Å². The minimum Gasteiger partial charge on any atom is -0.324 e. The first-order valence-corrected chi connectivity index (χ1v) is 5.80. The Bertz CT molecular complexity index is 330. The summed E-state index contributed by atoms with van der Waals surface area (Å²) in [7, 11) is 0. The molecule has 1 aliphatic heterocycles. The Labute approximate surface area is 85.8 Å². The van der Waals surface area contributed by atoms with E-state index in [9.17, 15) is 0 Å². The van der Waals surface area contributed by atoms with Crippen molar-refractivity contribution in [2.45, 2.75) is 24.1 Å². The van der Waals surface area contributed by atoms with E-state index >= 15 is 0 Å². The number of hydrogen-bond donors (Lipinski definition) is 2. The van der Waals surface area contributed by atoms with Crippen LogP contribution in [0.3, 0.4) is 0 Å². The molecule has 0 radical (unpaired) electrons. The SMILES string of the molecule is CC(C)N=C1NSc2sccc2N1. The molecule has 1 aromatic rings. The molecule has 2 heterocycles. The molecule has 2 rings (SSSR count). The average Bonchev–Trinajstić information content (AvgIpc) is 2.49. The van der Waals surface area contributed by atoms with Crippen LogP contribution in [0, 0.1) is 0 Å². The van der Waals surface area contributed by atoms with Crippen LogP contribution in [0.2, 0.25) is 0 Å². The van der Waals surface area contributed by atoms with Crippen molar-refractivity contribution in [3.63, 3.8) is 0 Å². The fourth-order valence-electron chi connectivity index (χ4n) is 1.03. The van der Waals surface area contributed by atoms with Crippen molar-refractivity contribution in [1.82, 2.24) is 4.72 Å². The minimum atomic E-state index is 0.316. The van der Waals surface area contributed by atoms with Crippen LogP contribution in [0.1, 0.15) is 13.8 Å². The molecule has 2 N–H and O–H groups in total. The van der Waals surface area contributed by atoms with E-state index in [1.165, 1.54) is 4.21 Å². The van der Waals surface area contributed by atoms with Gasteiger partial charge in [-0.25, -0.2) is 4.99 Å². The van der Waals surface area contributed by atoms with Gasteiger partial charge in [-0.1, -0.05) is 0 Å². The molecule has 0 bridgehead atoms. The molecular formula is C8H11N3S2. The molecule has 0 spiro atoms. The first kappa shape index (κ1) is 8.90. The molecular weight excluding hydrogens is 202 g/mol. The summed E-state index contributed by atoms with van der Waals surface area (Å²) in [6, 6.07) is 2.39. The number of guanidine groups is 1. The maximum absolute atomic E-state index is 4.39. The molecule has 0 amide bonds. The summed E-state index contributed by atoms with van der Waals surface area (Å²) in [6.07, 6.45) is 0. The lowest BCUT2D eigenvalue weighted by atomic mass is 10.4. The molecule has 0 aliphatic carbocycles. The van der Waals surface area contributed by atoms with Gasteiger partial charge in [0.05, 0.1) is 5.69 Å². The van der Waals surface area contributed by atoms with Crippen LogP contribution >= 0.6 is 23.3 Å². The number of aliphatic imine (C=N–C) groups is 1. The Morgan fingerprint density at radius 3 is 3.08 bits per heavy atom. The van der Waals surface area contributed by atoms with Gasteiger partial charge in [-0.3, -0.25) is 4.72 Å². The first-order valence-electron chi connectivity index (χ1n) is 4.11. The van der Waals surface area contributed by atoms with Crippen LogP contribution in [0.25, 0.3) is 0 Å². The second kappa shape index (κ2) is 3.59. The highest BCUT2D eigenvalue weighted by Gasteiger charge is 2.14. The molecule has 0 atom stereocenters. The van der Waals surface area contributed by atoms with Gasteiger partial charge in [0, 0.05) is 18.0 Å². The number of rotatable bonds is 1. The van der Waals surface area contributed by atoms with Gasteiger partial charge in [0.15, 0.2) is 0 Å². The lowest BCUT2D eigenvalue weighted by Crippen LogP contribution is -2.29. The summed E-state index contributed by atoms with van der Waals surface area (Å²) in [4.78, 5) is 4.39. The number of fused-ring (bicyclic) bond motifs is 1. The summed E-state index contributed by atoms with van der Waals surface area (Å²) in [5.41, 5.74) is 1.16. The molecule has 0 aromatic carbocycles. The van der Waals surface area contributed by atoms with Gasteiger partial charge in [-0.05, 0) is 25.3 Å². The number of nitrogens with one attached hydrogen (secondary N) is 2. The van der Waals surface area contributed by atoms with Crippen molar-refractivity contribution in [1.29, 1.82) is 0 Å². The van der Waals surface area contributed by atoms with Crippen molar-refractivity contribution < 1.29 is 0 Å². The van der Waals surface area contributed by atoms with Gasteiger partial charge >= 0.3 is 0 Å². The third kappa shape index (κ3) is 1.97. The second-order valence-electron chi connectivity index (χ2n) is 3.02. The second-order valence-corrected chi connectivity index (χ2v) is 5.01. The highest BCUT2D eigenvalue weighted by atomic mass is 32.2. The van der Waals surface area contributed by atoms with E-state index < -0.39 is 0 Å². The average molecular weight is 213 g/mol. The summed E-state index contributed by atoms with van der Waals surface area (Å²) in [6.45, 7) is 4.12. The lowest BCUT2D eigenvalue weighted by Gasteiger charge is -2.17. The molecule has 0 fully saturated rings. The Kier molecular flexibility index (Phi) is 2.46. The molecule has 0 saturated heterocycles. The van der Waals surface area contributed by atoms with Crippen molar-refractivity contribution in [3.8, 4) is 0 Å². The van der Waals surface area contributed by atoms with E-state index in [1.807, 2.05) is 0 Å². The van der Waals surface area contributed by atoms with E-state index in [-0.39, 0.29) is 0 Å². The monoisotopic (exact) mass is 213 g/mol. The summed E-state index contributed by atoms with van der Waals surface area (Å²) >= 11 is 3.35. The van der Waals surface area contributed by atoms with E-state index in [0.29, 0.717) is 6.04 Å². The summed E-state index contributed by atoms with van der Waals surface area (Å²) in [5.74, 6) is 0.853. The Morgan fingerprint density at radius 2 is 2.31 bits per heavy atom. The van der Waals surface area contributed by atoms with Crippen LogP contribution in [0.5, 0.6) is 0 Å². The first-order chi connectivity index (χ1) is 6.25. The molecule has 70 valence electrons. The van der Waals surface area contributed by atoms with Gasteiger partial charge in [0.25, 0.3) is 0 Å². The van der Waals surface area contributed by atoms with Gasteiger partial charge in [0.2, 0.25) is 5.96 Å². The van der Waals surface area contributed by atoms with Gasteiger partial charge in [-0.15, -0.1) is 11.3 Å². The number of anilines is 1. The standard InChI is InChI=1S/C8H11N3S2/c1-5(2)9-8-10-6-3-4-12-7(6)13-11-8/h3-5H,1-2H3,(H2,9,10,11). The third-order valence-electron chi connectivity index (χ3n) is 1.51. The minimum absolute atomic E-state index is 0.316. The molecule has 3 nitrogen and oxygen atoms in total. The van der Waals surface area contributed by atoms with Gasteiger partial charge < -0.3 is 5.32 Å². The lowest BCUT2D eigenvalue weighted by molar-refractivity contribution is 0.831. The van der Waals surface area contributed by atoms with Crippen molar-refractivity contribution in [2.75, 3.05) is 5.32 Å². The Morgan fingerprint density at radius 1 is 1.46 bits per heavy atom. The highest BCUT2D eigenvalue weighted by molar-refractivity contribution is 8.00. The van der Waals surface area contributed by atoms with Crippen molar-refractivity contribution in [2.24, 2.45) is 4.99 Å². The maximum atomic E-state index is 4.39. The Hall–Kier alpha value is -0.680. The Balaban J connectivity index is 2.17. The number of thiophene rings is 1. The van der Waals surface area contributed by atoms with Crippen LogP contribution in [0.4, 0.5) is 5.69 Å². The van der Waals surface area contributed by atoms with Crippen molar-refractivity contribution in [3.05, 3.63) is 11.4 Å². The fourth-order valence-corrected chi connectivity index (χ4v) is 2.61. The molecule has 13 heavy (non-hydrogen) atoms. The van der Waals surface area contributed by atoms with E-state index in [1.54, 1.807) is 23.3 Å². The predicted molar refractivity (Wildman–Crippen MR) is 59.5 cm³/mol. The molecule has 0 saturated carbocycles. The molecule has 5 heteroatoms. The predicted octanol–water partition coefficient (Wildman–Crippen LogP) is 2.53. The largest absolute Gasteiger partial charge is 0.324 e. The quantitative estimate of drug-likeness (QED) is 0.704. The molecule has 0 unspecified atom stereocenters. The summed E-state index contributed by atoms with van der Waals surface area (Å²) in [5, 5.41) is 5.31. The maximum Gasteiger partial charge on any atom is 0.206 e. The van der Waals surface area contributed by atoms with Crippen LogP contribution in [-0.4, -0.2) is 12.0 Å². The van der Waals surface area contributed by atoms with Gasteiger partial charge in [0.1, 0.15) is 4.21 Å². The number of hydrogen-bond acceptors (Lipinski definition) is 3. The zero-order valence-electron chi connectivity index (χ0n) is 7.50. The summed E-state index contributed by atoms with van der Waals surface area (Å²) < 4.78 is 4.43.